The van der Waals surface area contributed by atoms with E-state index in [1.807, 2.05) is 0 Å². The van der Waals surface area contributed by atoms with Gasteiger partial charge in [0.2, 0.25) is 5.88 Å². The van der Waals surface area contributed by atoms with Crippen molar-refractivity contribution in [3.63, 3.8) is 0 Å². The van der Waals surface area contributed by atoms with Crippen molar-refractivity contribution in [3.05, 3.63) is 64.9 Å². The predicted octanol–water partition coefficient (Wildman–Crippen LogP) is 4.40. The predicted molar refractivity (Wildman–Crippen MR) is 87.9 cm³/mol. The van der Waals surface area contributed by atoms with Crippen LogP contribution in [0.5, 0.6) is 5.75 Å². The number of aromatic nitrogens is 1. The Hall–Kier alpha value is -2.86. The van der Waals surface area contributed by atoms with E-state index in [1.54, 1.807) is 30.3 Å². The number of carbonyl (C=O) groups excluding carboxylic acids is 1. The molecule has 1 amide bonds. The molecule has 0 unspecified atom stereocenters. The minimum absolute atomic E-state index is 0.172. The van der Waals surface area contributed by atoms with Crippen molar-refractivity contribution in [2.75, 3.05) is 12.4 Å². The molecule has 0 fully saturated rings. The second-order valence-electron chi connectivity index (χ2n) is 4.89. The van der Waals surface area contributed by atoms with Crippen LogP contribution in [-0.2, 0) is 0 Å². The number of nitrogens with one attached hydrogen (secondary N) is 1. The van der Waals surface area contributed by atoms with Crippen LogP contribution in [0, 0.1) is 5.82 Å². The number of rotatable bonds is 4. The number of methoxy groups -OCH3 is 1. The normalized spacial score (nSPS) is 10.5. The zero-order chi connectivity index (χ0) is 17.1. The molecule has 122 valence electrons. The molecule has 0 aliphatic carbocycles. The lowest BCUT2D eigenvalue weighted by Crippen LogP contribution is -2.11. The summed E-state index contributed by atoms with van der Waals surface area (Å²) in [5.41, 5.74) is 1.51. The van der Waals surface area contributed by atoms with E-state index in [1.165, 1.54) is 25.3 Å². The molecular formula is C17H12ClFN2O3. The van der Waals surface area contributed by atoms with Crippen molar-refractivity contribution < 1.29 is 18.4 Å². The van der Waals surface area contributed by atoms with E-state index in [4.69, 9.17) is 20.9 Å². The van der Waals surface area contributed by atoms with Gasteiger partial charge in [-0.05, 0) is 42.5 Å². The van der Waals surface area contributed by atoms with Gasteiger partial charge in [-0.2, -0.15) is 0 Å². The third-order valence-corrected chi connectivity index (χ3v) is 3.60. The third-order valence-electron chi connectivity index (χ3n) is 3.30. The molecule has 24 heavy (non-hydrogen) atoms. The van der Waals surface area contributed by atoms with E-state index in [0.717, 1.165) is 0 Å². The molecule has 0 saturated carbocycles. The molecule has 1 heterocycles. The Balaban J connectivity index is 1.75. The second-order valence-corrected chi connectivity index (χ2v) is 5.29. The zero-order valence-electron chi connectivity index (χ0n) is 12.5. The summed E-state index contributed by atoms with van der Waals surface area (Å²) < 4.78 is 23.1. The Labute approximate surface area is 142 Å². The van der Waals surface area contributed by atoms with Crippen LogP contribution in [-0.4, -0.2) is 18.2 Å². The number of nitrogens with zero attached hydrogens (tertiary/aromatic N) is 1. The fourth-order valence-corrected chi connectivity index (χ4v) is 2.34. The molecule has 0 spiro atoms. The highest BCUT2D eigenvalue weighted by Gasteiger charge is 2.13. The molecule has 0 radical (unpaired) electrons. The standard InChI is InChI=1S/C17H12ClFN2O3/c1-23-15-7-4-11(8-13(15)18)17(22)20-16-9-14(21-24-16)10-2-5-12(19)6-3-10/h2-9H,1H3,(H,20,22). The highest BCUT2D eigenvalue weighted by atomic mass is 35.5. The SMILES string of the molecule is COc1ccc(C(=O)Nc2cc(-c3ccc(F)cc3)no2)cc1Cl. The average molecular weight is 347 g/mol. The molecule has 3 aromatic rings. The summed E-state index contributed by atoms with van der Waals surface area (Å²) in [4.78, 5) is 12.2. The third kappa shape index (κ3) is 3.38. The number of hydrogen-bond donors (Lipinski definition) is 1. The maximum atomic E-state index is 12.9. The van der Waals surface area contributed by atoms with E-state index in [2.05, 4.69) is 10.5 Å². The number of ether oxygens (including phenoxy) is 1. The smallest absolute Gasteiger partial charge is 0.258 e. The van der Waals surface area contributed by atoms with Gasteiger partial charge in [-0.15, -0.1) is 0 Å². The van der Waals surface area contributed by atoms with Crippen molar-refractivity contribution in [1.82, 2.24) is 5.16 Å². The van der Waals surface area contributed by atoms with Crippen molar-refractivity contribution in [3.8, 4) is 17.0 Å². The topological polar surface area (TPSA) is 64.4 Å². The average Bonchev–Trinajstić information content (AvgIpc) is 3.04. The summed E-state index contributed by atoms with van der Waals surface area (Å²) in [6, 6.07) is 12.0. The van der Waals surface area contributed by atoms with Crippen LogP contribution in [0.4, 0.5) is 10.3 Å². The molecule has 0 bridgehead atoms. The molecule has 0 atom stereocenters. The zero-order valence-corrected chi connectivity index (χ0v) is 13.3. The highest BCUT2D eigenvalue weighted by Crippen LogP contribution is 2.26. The maximum Gasteiger partial charge on any atom is 0.258 e. The lowest BCUT2D eigenvalue weighted by molar-refractivity contribution is 0.102. The summed E-state index contributed by atoms with van der Waals surface area (Å²) in [7, 11) is 1.49. The van der Waals surface area contributed by atoms with Crippen LogP contribution >= 0.6 is 11.6 Å². The van der Waals surface area contributed by atoms with Gasteiger partial charge in [0.15, 0.2) is 0 Å². The largest absolute Gasteiger partial charge is 0.495 e. The number of amides is 1. The molecule has 0 aliphatic heterocycles. The summed E-state index contributed by atoms with van der Waals surface area (Å²) in [5.74, 6) is -0.0914. The number of hydrogen-bond acceptors (Lipinski definition) is 4. The lowest BCUT2D eigenvalue weighted by atomic mass is 10.1. The molecule has 3 rings (SSSR count). The van der Waals surface area contributed by atoms with Gasteiger partial charge in [-0.25, -0.2) is 4.39 Å². The quantitative estimate of drug-likeness (QED) is 0.760. The van der Waals surface area contributed by atoms with Gasteiger partial charge in [0.05, 0.1) is 12.1 Å². The number of carbonyl (C=O) groups is 1. The van der Waals surface area contributed by atoms with Crippen LogP contribution in [0.2, 0.25) is 5.02 Å². The molecule has 0 aliphatic rings. The van der Waals surface area contributed by atoms with Gasteiger partial charge in [0, 0.05) is 17.2 Å². The van der Waals surface area contributed by atoms with Gasteiger partial charge in [0.25, 0.3) is 5.91 Å². The van der Waals surface area contributed by atoms with Gasteiger partial charge < -0.3 is 9.26 Å². The van der Waals surface area contributed by atoms with E-state index in [-0.39, 0.29) is 11.7 Å². The van der Waals surface area contributed by atoms with Gasteiger partial charge in [0.1, 0.15) is 17.3 Å². The first-order valence-electron chi connectivity index (χ1n) is 6.94. The minimum Gasteiger partial charge on any atom is -0.495 e. The lowest BCUT2D eigenvalue weighted by Gasteiger charge is -2.05. The monoisotopic (exact) mass is 346 g/mol. The summed E-state index contributed by atoms with van der Waals surface area (Å²) in [6.07, 6.45) is 0. The van der Waals surface area contributed by atoms with Crippen LogP contribution in [0.3, 0.4) is 0 Å². The Kier molecular flexibility index (Phi) is 4.48. The Morgan fingerprint density at radius 3 is 2.62 bits per heavy atom. The Morgan fingerprint density at radius 2 is 1.96 bits per heavy atom. The molecule has 1 aromatic heterocycles. The highest BCUT2D eigenvalue weighted by molar-refractivity contribution is 6.32. The minimum atomic E-state index is -0.402. The number of halogens is 2. The van der Waals surface area contributed by atoms with E-state index in [0.29, 0.717) is 27.6 Å². The van der Waals surface area contributed by atoms with Crippen molar-refractivity contribution in [1.29, 1.82) is 0 Å². The molecule has 0 saturated heterocycles. The first kappa shape index (κ1) is 16.0. The Bertz CT molecular complexity index is 878. The molecule has 7 heteroatoms. The number of anilines is 1. The van der Waals surface area contributed by atoms with Gasteiger partial charge >= 0.3 is 0 Å². The molecule has 5 nitrogen and oxygen atoms in total. The fraction of sp³-hybridized carbons (Fsp3) is 0.0588. The summed E-state index contributed by atoms with van der Waals surface area (Å²) in [5, 5.41) is 6.76. The van der Waals surface area contributed by atoms with Gasteiger partial charge in [-0.1, -0.05) is 16.8 Å². The molecule has 1 N–H and O–H groups in total. The van der Waals surface area contributed by atoms with Crippen molar-refractivity contribution in [2.24, 2.45) is 0 Å². The fourth-order valence-electron chi connectivity index (χ4n) is 2.08. The van der Waals surface area contributed by atoms with Crippen LogP contribution in [0.1, 0.15) is 10.4 Å². The van der Waals surface area contributed by atoms with E-state index in [9.17, 15) is 9.18 Å². The summed E-state index contributed by atoms with van der Waals surface area (Å²) >= 11 is 6.00. The van der Waals surface area contributed by atoms with Gasteiger partial charge in [-0.3, -0.25) is 10.1 Å². The Morgan fingerprint density at radius 1 is 1.21 bits per heavy atom. The van der Waals surface area contributed by atoms with E-state index >= 15 is 0 Å². The second kappa shape index (κ2) is 6.72. The van der Waals surface area contributed by atoms with Crippen molar-refractivity contribution >= 4 is 23.4 Å². The molecule has 2 aromatic carbocycles. The first-order valence-corrected chi connectivity index (χ1v) is 7.32. The maximum absolute atomic E-state index is 12.9. The van der Waals surface area contributed by atoms with Crippen molar-refractivity contribution in [2.45, 2.75) is 0 Å². The van der Waals surface area contributed by atoms with Crippen LogP contribution in [0.15, 0.2) is 53.1 Å². The summed E-state index contributed by atoms with van der Waals surface area (Å²) in [6.45, 7) is 0. The van der Waals surface area contributed by atoms with E-state index < -0.39 is 5.91 Å². The molecular weight excluding hydrogens is 335 g/mol. The van der Waals surface area contributed by atoms with Crippen LogP contribution in [0.25, 0.3) is 11.3 Å². The van der Waals surface area contributed by atoms with Crippen LogP contribution < -0.4 is 10.1 Å². The first-order chi connectivity index (χ1) is 11.6. The number of benzene rings is 2.